The Morgan fingerprint density at radius 3 is 2.70 bits per heavy atom. The number of aryl methyl sites for hydroxylation is 1. The van der Waals surface area contributed by atoms with Gasteiger partial charge in [-0.25, -0.2) is 0 Å². The van der Waals surface area contributed by atoms with E-state index in [0.717, 1.165) is 0 Å². The topological polar surface area (TPSA) is 12.0 Å². The normalized spacial score (nSPS) is 13.0. The van der Waals surface area contributed by atoms with E-state index in [0.29, 0.717) is 0 Å². The molecule has 0 saturated heterocycles. The highest BCUT2D eigenvalue weighted by molar-refractivity contribution is 9.11. The van der Waals surface area contributed by atoms with E-state index >= 15 is 0 Å². The van der Waals surface area contributed by atoms with Gasteiger partial charge < -0.3 is 5.32 Å². The number of thiophene rings is 2. The number of hydrogen-bond acceptors (Lipinski definition) is 3. The number of nitrogens with one attached hydrogen (secondary N) is 1. The number of fused-ring (bicyclic) bond motifs is 1. The van der Waals surface area contributed by atoms with Crippen LogP contribution in [0.2, 0.25) is 0 Å². The van der Waals surface area contributed by atoms with E-state index in [4.69, 9.17) is 0 Å². The Hall–Kier alpha value is -0.200. The van der Waals surface area contributed by atoms with Crippen LogP contribution in [-0.4, -0.2) is 7.05 Å². The highest BCUT2D eigenvalue weighted by Gasteiger charge is 2.19. The van der Waals surface area contributed by atoms with Crippen LogP contribution in [0.4, 0.5) is 0 Å². The van der Waals surface area contributed by atoms with Crippen molar-refractivity contribution in [1.82, 2.24) is 5.32 Å². The Balaban J connectivity index is 2.14. The van der Waals surface area contributed by atoms with Gasteiger partial charge in [-0.1, -0.05) is 12.1 Å². The number of rotatable bonds is 3. The first kappa shape index (κ1) is 14.7. The van der Waals surface area contributed by atoms with Crippen molar-refractivity contribution in [2.75, 3.05) is 7.05 Å². The third-order valence-corrected chi connectivity index (χ3v) is 7.51. The van der Waals surface area contributed by atoms with Crippen molar-refractivity contribution in [3.63, 3.8) is 0 Å². The Bertz CT molecular complexity index is 741. The standard InChI is InChI=1S/C15H13Br2NS2/c1-8-6-12(20-15(8)17)13(18-2)10-7-19-14-9(10)4-3-5-11(14)16/h3-7,13,18H,1-2H3. The first-order valence-corrected chi connectivity index (χ1v) is 9.48. The van der Waals surface area contributed by atoms with E-state index < -0.39 is 0 Å². The molecule has 0 aliphatic rings. The number of hydrogen-bond donors (Lipinski definition) is 1. The van der Waals surface area contributed by atoms with Crippen molar-refractivity contribution in [3.8, 4) is 0 Å². The van der Waals surface area contributed by atoms with Gasteiger partial charge in [0.25, 0.3) is 0 Å². The minimum absolute atomic E-state index is 0.244. The molecule has 0 aliphatic carbocycles. The van der Waals surface area contributed by atoms with Crippen LogP contribution in [0.3, 0.4) is 0 Å². The van der Waals surface area contributed by atoms with Crippen LogP contribution >= 0.6 is 54.5 Å². The molecule has 0 saturated carbocycles. The predicted molar refractivity (Wildman–Crippen MR) is 97.2 cm³/mol. The fourth-order valence-electron chi connectivity index (χ4n) is 2.34. The summed E-state index contributed by atoms with van der Waals surface area (Å²) >= 11 is 10.9. The molecular weight excluding hydrogens is 418 g/mol. The van der Waals surface area contributed by atoms with Gasteiger partial charge in [0.05, 0.1) is 9.83 Å². The molecule has 0 radical (unpaired) electrons. The Morgan fingerprint density at radius 1 is 1.25 bits per heavy atom. The van der Waals surface area contributed by atoms with Gasteiger partial charge in [-0.2, -0.15) is 0 Å². The van der Waals surface area contributed by atoms with Crippen molar-refractivity contribution in [3.05, 3.63) is 53.9 Å². The lowest BCUT2D eigenvalue weighted by atomic mass is 10.0. The van der Waals surface area contributed by atoms with Crippen LogP contribution in [-0.2, 0) is 0 Å². The van der Waals surface area contributed by atoms with Crippen molar-refractivity contribution < 1.29 is 0 Å². The highest BCUT2D eigenvalue weighted by atomic mass is 79.9. The van der Waals surface area contributed by atoms with Gasteiger partial charge >= 0.3 is 0 Å². The molecular formula is C15H13Br2NS2. The van der Waals surface area contributed by atoms with Crippen molar-refractivity contribution in [1.29, 1.82) is 0 Å². The summed E-state index contributed by atoms with van der Waals surface area (Å²) in [6.45, 7) is 2.14. The molecule has 1 atom stereocenters. The molecule has 0 spiro atoms. The fourth-order valence-corrected chi connectivity index (χ4v) is 5.69. The molecule has 3 aromatic rings. The summed E-state index contributed by atoms with van der Waals surface area (Å²) in [6, 6.07) is 8.91. The largest absolute Gasteiger partial charge is 0.309 e. The SMILES string of the molecule is CNC(c1cc(C)c(Br)s1)c1csc2c(Br)cccc12. The molecule has 0 aliphatic heterocycles. The van der Waals surface area contributed by atoms with Crippen molar-refractivity contribution >= 4 is 64.6 Å². The smallest absolute Gasteiger partial charge is 0.0731 e. The van der Waals surface area contributed by atoms with Crippen LogP contribution in [0.1, 0.15) is 22.0 Å². The van der Waals surface area contributed by atoms with Gasteiger partial charge in [-0.05, 0) is 79.9 Å². The van der Waals surface area contributed by atoms with Gasteiger partial charge in [-0.15, -0.1) is 22.7 Å². The summed E-state index contributed by atoms with van der Waals surface area (Å²) in [7, 11) is 2.02. The molecule has 1 aromatic carbocycles. The molecule has 0 amide bonds. The zero-order valence-electron chi connectivity index (χ0n) is 11.0. The second-order valence-electron chi connectivity index (χ2n) is 4.63. The maximum atomic E-state index is 3.64. The minimum Gasteiger partial charge on any atom is -0.309 e. The molecule has 104 valence electrons. The highest BCUT2D eigenvalue weighted by Crippen LogP contribution is 2.40. The quantitative estimate of drug-likeness (QED) is 0.528. The predicted octanol–water partition coefficient (Wildman–Crippen LogP) is 6.11. The average molecular weight is 431 g/mol. The summed E-state index contributed by atoms with van der Waals surface area (Å²) in [5.41, 5.74) is 2.65. The molecule has 1 nitrogen and oxygen atoms in total. The maximum absolute atomic E-state index is 3.64. The minimum atomic E-state index is 0.244. The Kier molecular flexibility index (Phi) is 4.34. The molecule has 0 bridgehead atoms. The van der Waals surface area contributed by atoms with Crippen LogP contribution in [0.5, 0.6) is 0 Å². The average Bonchev–Trinajstić information content (AvgIpc) is 2.98. The van der Waals surface area contributed by atoms with Gasteiger partial charge in [0.1, 0.15) is 0 Å². The van der Waals surface area contributed by atoms with Gasteiger partial charge in [-0.3, -0.25) is 0 Å². The van der Waals surface area contributed by atoms with E-state index in [-0.39, 0.29) is 6.04 Å². The third kappa shape index (κ3) is 2.50. The van der Waals surface area contributed by atoms with Crippen LogP contribution in [0.25, 0.3) is 10.1 Å². The Morgan fingerprint density at radius 2 is 2.05 bits per heavy atom. The van der Waals surface area contributed by atoms with E-state index in [1.54, 1.807) is 22.7 Å². The molecule has 1 unspecified atom stereocenters. The van der Waals surface area contributed by atoms with Crippen LogP contribution < -0.4 is 5.32 Å². The molecule has 3 rings (SSSR count). The molecule has 5 heteroatoms. The van der Waals surface area contributed by atoms with E-state index in [1.165, 1.54) is 34.3 Å². The lowest BCUT2D eigenvalue weighted by Crippen LogP contribution is -2.15. The summed E-state index contributed by atoms with van der Waals surface area (Å²) in [5, 5.41) is 7.04. The van der Waals surface area contributed by atoms with Crippen molar-refractivity contribution in [2.24, 2.45) is 0 Å². The monoisotopic (exact) mass is 429 g/mol. The molecule has 20 heavy (non-hydrogen) atoms. The summed E-state index contributed by atoms with van der Waals surface area (Å²) in [4.78, 5) is 1.34. The van der Waals surface area contributed by atoms with Crippen LogP contribution in [0.15, 0.2) is 37.9 Å². The first-order chi connectivity index (χ1) is 9.61. The molecule has 2 heterocycles. The second kappa shape index (κ2) is 5.89. The summed E-state index contributed by atoms with van der Waals surface area (Å²) in [5.74, 6) is 0. The van der Waals surface area contributed by atoms with Crippen LogP contribution in [0, 0.1) is 6.92 Å². The molecule has 2 aromatic heterocycles. The number of halogens is 2. The summed E-state index contributed by atoms with van der Waals surface area (Å²) < 4.78 is 3.70. The van der Waals surface area contributed by atoms with E-state index in [2.05, 4.69) is 73.7 Å². The Labute approximate surface area is 143 Å². The zero-order chi connectivity index (χ0) is 14.3. The maximum Gasteiger partial charge on any atom is 0.0731 e. The molecule has 1 N–H and O–H groups in total. The lowest BCUT2D eigenvalue weighted by molar-refractivity contribution is 0.711. The fraction of sp³-hybridized carbons (Fsp3) is 0.200. The third-order valence-electron chi connectivity index (χ3n) is 3.34. The molecule has 0 fully saturated rings. The summed E-state index contributed by atoms with van der Waals surface area (Å²) in [6.07, 6.45) is 0. The zero-order valence-corrected chi connectivity index (χ0v) is 15.8. The van der Waals surface area contributed by atoms with Gasteiger partial charge in [0.15, 0.2) is 0 Å². The number of benzene rings is 1. The van der Waals surface area contributed by atoms with Gasteiger partial charge in [0.2, 0.25) is 0 Å². The van der Waals surface area contributed by atoms with Gasteiger partial charge in [0, 0.05) is 14.0 Å². The van der Waals surface area contributed by atoms with Crippen molar-refractivity contribution in [2.45, 2.75) is 13.0 Å². The van der Waals surface area contributed by atoms with E-state index in [1.807, 2.05) is 7.05 Å². The lowest BCUT2D eigenvalue weighted by Gasteiger charge is -2.14. The second-order valence-corrected chi connectivity index (χ2v) is 8.77. The van der Waals surface area contributed by atoms with E-state index in [9.17, 15) is 0 Å². The first-order valence-electron chi connectivity index (χ1n) is 6.20.